The molecule has 0 saturated carbocycles. The monoisotopic (exact) mass is 496 g/mol. The molecule has 5 heteroatoms. The van der Waals surface area contributed by atoms with Crippen molar-refractivity contribution in [3.05, 3.63) is 81.4 Å². The predicted octanol–water partition coefficient (Wildman–Crippen LogP) is 6.65. The van der Waals surface area contributed by atoms with Crippen LogP contribution in [0.3, 0.4) is 0 Å². The van der Waals surface area contributed by atoms with E-state index < -0.39 is 0 Å². The van der Waals surface area contributed by atoms with E-state index in [4.69, 9.17) is 4.42 Å². The smallest absolute Gasteiger partial charge is 0.256 e. The van der Waals surface area contributed by atoms with E-state index >= 15 is 0 Å². The highest BCUT2D eigenvalue weighted by Gasteiger charge is 2.15. The van der Waals surface area contributed by atoms with E-state index in [1.54, 1.807) is 0 Å². The summed E-state index contributed by atoms with van der Waals surface area (Å²) in [5, 5.41) is 2.93. The highest BCUT2D eigenvalue weighted by Crippen LogP contribution is 2.29. The Hall–Kier alpha value is -2.67. The molecule has 0 fully saturated rings. The minimum absolute atomic E-state index is 0.101. The first-order valence-electron chi connectivity index (χ1n) is 9.39. The van der Waals surface area contributed by atoms with Gasteiger partial charge in [-0.05, 0) is 70.0 Å². The fourth-order valence-electron chi connectivity index (χ4n) is 3.08. The first kappa shape index (κ1) is 19.6. The summed E-state index contributed by atoms with van der Waals surface area (Å²) < 4.78 is 6.87. The Morgan fingerprint density at radius 3 is 2.41 bits per heavy atom. The summed E-state index contributed by atoms with van der Waals surface area (Å²) in [6, 6.07) is 21.3. The Bertz CT molecular complexity index is 1190. The number of nitrogens with one attached hydrogen (secondary N) is 1. The van der Waals surface area contributed by atoms with Crippen LogP contribution >= 0.6 is 22.6 Å². The molecular weight excluding hydrogens is 475 g/mol. The molecule has 29 heavy (non-hydrogen) atoms. The molecule has 4 nitrogen and oxygen atoms in total. The number of aromatic nitrogens is 1. The van der Waals surface area contributed by atoms with E-state index in [-0.39, 0.29) is 11.3 Å². The normalized spacial score (nSPS) is 11.6. The molecule has 146 valence electrons. The second kappa shape index (κ2) is 7.63. The van der Waals surface area contributed by atoms with Crippen molar-refractivity contribution in [2.24, 2.45) is 0 Å². The van der Waals surface area contributed by atoms with Crippen molar-refractivity contribution in [1.82, 2.24) is 4.98 Å². The summed E-state index contributed by atoms with van der Waals surface area (Å²) in [6.45, 7) is 6.56. The maximum atomic E-state index is 12.5. The van der Waals surface area contributed by atoms with Crippen LogP contribution in [0.2, 0.25) is 0 Å². The number of halogens is 1. The fraction of sp³-hybridized carbons (Fsp3) is 0.167. The van der Waals surface area contributed by atoms with Crippen LogP contribution in [0, 0.1) is 3.57 Å². The van der Waals surface area contributed by atoms with Gasteiger partial charge in [-0.15, -0.1) is 0 Å². The minimum atomic E-state index is -0.146. The summed E-state index contributed by atoms with van der Waals surface area (Å²) in [4.78, 5) is 17.1. The van der Waals surface area contributed by atoms with Crippen molar-refractivity contribution < 1.29 is 9.21 Å². The molecule has 0 unspecified atom stereocenters. The second-order valence-electron chi connectivity index (χ2n) is 7.96. The molecule has 0 saturated heterocycles. The Labute approximate surface area is 183 Å². The van der Waals surface area contributed by atoms with Gasteiger partial charge in [0.2, 0.25) is 5.89 Å². The van der Waals surface area contributed by atoms with E-state index in [0.717, 1.165) is 14.7 Å². The van der Waals surface area contributed by atoms with Gasteiger partial charge in [-0.2, -0.15) is 0 Å². The Morgan fingerprint density at radius 1 is 1.00 bits per heavy atom. The SMILES string of the molecule is CC(C)(C)c1ccc(-c2nc3ccc(NC(=O)c4ccccc4I)cc3o2)cc1. The van der Waals surface area contributed by atoms with Crippen LogP contribution in [0.5, 0.6) is 0 Å². The van der Waals surface area contributed by atoms with E-state index in [9.17, 15) is 4.79 Å². The lowest BCUT2D eigenvalue weighted by Gasteiger charge is -2.18. The van der Waals surface area contributed by atoms with Crippen LogP contribution in [0.25, 0.3) is 22.6 Å². The third-order valence-electron chi connectivity index (χ3n) is 4.76. The molecule has 0 bridgehead atoms. The molecule has 0 spiro atoms. The molecule has 1 aromatic heterocycles. The van der Waals surface area contributed by atoms with Crippen molar-refractivity contribution in [3.63, 3.8) is 0 Å². The number of rotatable bonds is 3. The largest absolute Gasteiger partial charge is 0.436 e. The molecule has 0 aliphatic carbocycles. The molecule has 3 aromatic carbocycles. The summed E-state index contributed by atoms with van der Waals surface area (Å²) in [6.07, 6.45) is 0. The lowest BCUT2D eigenvalue weighted by atomic mass is 9.87. The van der Waals surface area contributed by atoms with Crippen LogP contribution in [0.4, 0.5) is 5.69 Å². The van der Waals surface area contributed by atoms with Gasteiger partial charge >= 0.3 is 0 Å². The maximum Gasteiger partial charge on any atom is 0.256 e. The second-order valence-corrected chi connectivity index (χ2v) is 9.13. The number of fused-ring (bicyclic) bond motifs is 1. The van der Waals surface area contributed by atoms with E-state index in [0.29, 0.717) is 22.7 Å². The summed E-state index contributed by atoms with van der Waals surface area (Å²) in [5.74, 6) is 0.424. The minimum Gasteiger partial charge on any atom is -0.436 e. The molecule has 1 N–H and O–H groups in total. The van der Waals surface area contributed by atoms with Crippen molar-refractivity contribution >= 4 is 45.3 Å². The molecule has 4 rings (SSSR count). The Balaban J connectivity index is 1.59. The molecular formula is C24H21IN2O2. The first-order valence-corrected chi connectivity index (χ1v) is 10.5. The standard InChI is InChI=1S/C24H21IN2O2/c1-24(2,3)16-10-8-15(9-11-16)23-27-20-13-12-17(14-21(20)29-23)26-22(28)18-6-4-5-7-19(18)25/h4-14H,1-3H3,(H,26,28). The van der Waals surface area contributed by atoms with E-state index in [2.05, 4.69) is 65.8 Å². The van der Waals surface area contributed by atoms with Gasteiger partial charge in [0.15, 0.2) is 5.58 Å². The number of carbonyl (C=O) groups is 1. The van der Waals surface area contributed by atoms with Crippen molar-refractivity contribution in [2.75, 3.05) is 5.32 Å². The molecule has 1 amide bonds. The average Bonchev–Trinajstić information content (AvgIpc) is 3.11. The molecule has 4 aromatic rings. The Kier molecular flexibility index (Phi) is 5.17. The van der Waals surface area contributed by atoms with Gasteiger partial charge in [0, 0.05) is 20.9 Å². The third-order valence-corrected chi connectivity index (χ3v) is 5.70. The number of benzene rings is 3. The van der Waals surface area contributed by atoms with Crippen LogP contribution in [0.15, 0.2) is 71.1 Å². The first-order chi connectivity index (χ1) is 13.8. The molecule has 0 radical (unpaired) electrons. The molecule has 0 aliphatic rings. The van der Waals surface area contributed by atoms with E-state index in [1.165, 1.54) is 5.56 Å². The van der Waals surface area contributed by atoms with Crippen molar-refractivity contribution in [2.45, 2.75) is 26.2 Å². The molecule has 0 atom stereocenters. The van der Waals surface area contributed by atoms with E-state index in [1.807, 2.05) is 54.6 Å². The van der Waals surface area contributed by atoms with Gasteiger partial charge in [-0.3, -0.25) is 4.79 Å². The zero-order valence-electron chi connectivity index (χ0n) is 16.5. The zero-order chi connectivity index (χ0) is 20.6. The van der Waals surface area contributed by atoms with Gasteiger partial charge in [-0.1, -0.05) is 45.0 Å². The van der Waals surface area contributed by atoms with Gasteiger partial charge in [0.05, 0.1) is 5.56 Å². The number of oxazole rings is 1. The molecule has 1 heterocycles. The molecule has 0 aliphatic heterocycles. The average molecular weight is 496 g/mol. The van der Waals surface area contributed by atoms with Crippen LogP contribution in [-0.4, -0.2) is 10.9 Å². The lowest BCUT2D eigenvalue weighted by Crippen LogP contribution is -2.13. The number of nitrogens with zero attached hydrogens (tertiary/aromatic N) is 1. The number of amides is 1. The van der Waals surface area contributed by atoms with Crippen LogP contribution < -0.4 is 5.32 Å². The van der Waals surface area contributed by atoms with Crippen molar-refractivity contribution in [3.8, 4) is 11.5 Å². The van der Waals surface area contributed by atoms with Crippen LogP contribution in [0.1, 0.15) is 36.7 Å². The summed E-state index contributed by atoms with van der Waals surface area (Å²) in [7, 11) is 0. The highest BCUT2D eigenvalue weighted by atomic mass is 127. The highest BCUT2D eigenvalue weighted by molar-refractivity contribution is 14.1. The van der Waals surface area contributed by atoms with Gasteiger partial charge in [0.1, 0.15) is 5.52 Å². The third kappa shape index (κ3) is 4.19. The summed E-state index contributed by atoms with van der Waals surface area (Å²) >= 11 is 2.16. The summed E-state index contributed by atoms with van der Waals surface area (Å²) in [5.41, 5.74) is 5.01. The van der Waals surface area contributed by atoms with Gasteiger partial charge < -0.3 is 9.73 Å². The quantitative estimate of drug-likeness (QED) is 0.323. The Morgan fingerprint density at radius 2 is 1.72 bits per heavy atom. The number of anilines is 1. The fourth-order valence-corrected chi connectivity index (χ4v) is 3.71. The van der Waals surface area contributed by atoms with Gasteiger partial charge in [-0.25, -0.2) is 4.98 Å². The predicted molar refractivity (Wildman–Crippen MR) is 125 cm³/mol. The maximum absolute atomic E-state index is 12.5. The number of hydrogen-bond donors (Lipinski definition) is 1. The zero-order valence-corrected chi connectivity index (χ0v) is 18.7. The van der Waals surface area contributed by atoms with Crippen LogP contribution in [-0.2, 0) is 5.41 Å². The van der Waals surface area contributed by atoms with Crippen molar-refractivity contribution in [1.29, 1.82) is 0 Å². The van der Waals surface area contributed by atoms with Gasteiger partial charge in [0.25, 0.3) is 5.91 Å². The topological polar surface area (TPSA) is 55.1 Å². The lowest BCUT2D eigenvalue weighted by molar-refractivity contribution is 0.102. The number of carbonyl (C=O) groups excluding carboxylic acids is 1. The number of hydrogen-bond acceptors (Lipinski definition) is 3.